The van der Waals surface area contributed by atoms with E-state index in [0.29, 0.717) is 0 Å². The Morgan fingerprint density at radius 2 is 2.11 bits per heavy atom. The first kappa shape index (κ1) is 11.7. The molecule has 1 atom stereocenters. The number of hydrogen-bond donors (Lipinski definition) is 2. The highest BCUT2D eigenvalue weighted by molar-refractivity contribution is 6.07. The predicted molar refractivity (Wildman–Crippen MR) is 77.1 cm³/mol. The molecule has 96 valence electrons. The van der Waals surface area contributed by atoms with E-state index >= 15 is 0 Å². The fraction of sp³-hybridized carbons (Fsp3) is 0.200. The minimum Gasteiger partial charge on any atom is -0.384 e. The molecule has 3 N–H and O–H groups in total. The van der Waals surface area contributed by atoms with Gasteiger partial charge in [0.15, 0.2) is 0 Å². The van der Waals surface area contributed by atoms with Crippen molar-refractivity contribution < 1.29 is 0 Å². The summed E-state index contributed by atoms with van der Waals surface area (Å²) in [5, 5.41) is 7.54. The molecule has 0 aliphatic carbocycles. The predicted octanol–water partition coefficient (Wildman–Crippen LogP) is 2.22. The van der Waals surface area contributed by atoms with E-state index < -0.39 is 0 Å². The van der Waals surface area contributed by atoms with Crippen LogP contribution >= 0.6 is 0 Å². The fourth-order valence-corrected chi connectivity index (χ4v) is 2.48. The van der Waals surface area contributed by atoms with Crippen LogP contribution in [0, 0.1) is 5.41 Å². The molecule has 4 nitrogen and oxygen atoms in total. The van der Waals surface area contributed by atoms with Gasteiger partial charge in [0.25, 0.3) is 0 Å². The van der Waals surface area contributed by atoms with Gasteiger partial charge in [-0.25, -0.2) is 0 Å². The molecule has 0 amide bonds. The molecule has 0 bridgehead atoms. The standard InChI is InChI=1S/C15H16N4/c1-10-7-12(14(16)17)8-19-9-13(18-15(10)19)11-5-3-2-4-6-11/h2-8,13H,9H2,1H3,(H3,16,17). The molecule has 2 heterocycles. The van der Waals surface area contributed by atoms with Crippen molar-refractivity contribution in [3.63, 3.8) is 0 Å². The number of fused-ring (bicyclic) bond motifs is 1. The van der Waals surface area contributed by atoms with Gasteiger partial charge in [0, 0.05) is 11.8 Å². The molecule has 2 aliphatic heterocycles. The first-order chi connectivity index (χ1) is 9.15. The highest BCUT2D eigenvalue weighted by Gasteiger charge is 2.28. The van der Waals surface area contributed by atoms with Crippen molar-refractivity contribution in [2.75, 3.05) is 6.54 Å². The molecule has 0 fully saturated rings. The van der Waals surface area contributed by atoms with Crippen LogP contribution in [0.4, 0.5) is 0 Å². The van der Waals surface area contributed by atoms with Crippen molar-refractivity contribution in [2.45, 2.75) is 13.0 Å². The highest BCUT2D eigenvalue weighted by Crippen LogP contribution is 2.30. The molecule has 1 aromatic rings. The van der Waals surface area contributed by atoms with Crippen LogP contribution < -0.4 is 5.73 Å². The molecule has 0 saturated heterocycles. The van der Waals surface area contributed by atoms with Crippen molar-refractivity contribution in [3.8, 4) is 0 Å². The van der Waals surface area contributed by atoms with Gasteiger partial charge >= 0.3 is 0 Å². The molecule has 1 aromatic carbocycles. The Morgan fingerprint density at radius 3 is 2.79 bits per heavy atom. The van der Waals surface area contributed by atoms with Crippen LogP contribution in [-0.4, -0.2) is 23.1 Å². The zero-order valence-electron chi connectivity index (χ0n) is 10.8. The molecule has 0 aromatic heterocycles. The Kier molecular flexibility index (Phi) is 2.71. The Labute approximate surface area is 112 Å². The molecular weight excluding hydrogens is 236 g/mol. The third-order valence-electron chi connectivity index (χ3n) is 3.43. The Balaban J connectivity index is 1.93. The quantitative estimate of drug-likeness (QED) is 0.626. The monoisotopic (exact) mass is 252 g/mol. The minimum absolute atomic E-state index is 0.0987. The Morgan fingerprint density at radius 1 is 1.37 bits per heavy atom. The van der Waals surface area contributed by atoms with Crippen molar-refractivity contribution >= 4 is 11.7 Å². The van der Waals surface area contributed by atoms with Crippen LogP contribution in [0.3, 0.4) is 0 Å². The van der Waals surface area contributed by atoms with Gasteiger partial charge in [0.2, 0.25) is 0 Å². The molecule has 0 radical (unpaired) electrons. The average Bonchev–Trinajstić information content (AvgIpc) is 2.84. The van der Waals surface area contributed by atoms with Gasteiger partial charge in [-0.05, 0) is 24.1 Å². The number of hydrogen-bond acceptors (Lipinski definition) is 3. The topological polar surface area (TPSA) is 65.5 Å². The SMILES string of the molecule is CC1=CC(C(=N)N)=CN2CC(c3ccccc3)N=C12. The minimum atomic E-state index is 0.0987. The van der Waals surface area contributed by atoms with E-state index in [0.717, 1.165) is 23.5 Å². The van der Waals surface area contributed by atoms with Crippen LogP contribution in [0.25, 0.3) is 0 Å². The zero-order chi connectivity index (χ0) is 13.4. The normalized spacial score (nSPS) is 21.4. The first-order valence-electron chi connectivity index (χ1n) is 6.29. The lowest BCUT2D eigenvalue weighted by Crippen LogP contribution is -2.29. The molecular formula is C15H16N4. The van der Waals surface area contributed by atoms with Crippen molar-refractivity contribution in [3.05, 3.63) is 59.3 Å². The largest absolute Gasteiger partial charge is 0.384 e. The van der Waals surface area contributed by atoms with Crippen molar-refractivity contribution in [1.82, 2.24) is 4.90 Å². The van der Waals surface area contributed by atoms with Gasteiger partial charge in [0.05, 0.1) is 12.6 Å². The Hall–Kier alpha value is -2.36. The van der Waals surface area contributed by atoms with Crippen LogP contribution in [0.5, 0.6) is 0 Å². The van der Waals surface area contributed by atoms with Crippen LogP contribution in [0.15, 0.2) is 58.7 Å². The first-order valence-corrected chi connectivity index (χ1v) is 6.29. The smallest absolute Gasteiger partial charge is 0.131 e. The molecule has 1 unspecified atom stereocenters. The number of nitrogens with two attached hydrogens (primary N) is 1. The molecule has 0 saturated carbocycles. The summed E-state index contributed by atoms with van der Waals surface area (Å²) >= 11 is 0. The number of nitrogens with zero attached hydrogens (tertiary/aromatic N) is 2. The maximum atomic E-state index is 7.54. The van der Waals surface area contributed by atoms with Crippen LogP contribution in [0.1, 0.15) is 18.5 Å². The maximum absolute atomic E-state index is 7.54. The van der Waals surface area contributed by atoms with Gasteiger partial charge in [-0.3, -0.25) is 10.4 Å². The van der Waals surface area contributed by atoms with E-state index in [4.69, 9.17) is 16.1 Å². The van der Waals surface area contributed by atoms with Crippen molar-refractivity contribution in [2.24, 2.45) is 10.7 Å². The number of benzene rings is 1. The summed E-state index contributed by atoms with van der Waals surface area (Å²) in [6, 6.07) is 10.4. The van der Waals surface area contributed by atoms with Gasteiger partial charge in [-0.15, -0.1) is 0 Å². The highest BCUT2D eigenvalue weighted by atomic mass is 15.2. The third kappa shape index (κ3) is 2.05. The summed E-state index contributed by atoms with van der Waals surface area (Å²) in [5.41, 5.74) is 8.60. The summed E-state index contributed by atoms with van der Waals surface area (Å²) in [4.78, 5) is 6.86. The van der Waals surface area contributed by atoms with E-state index in [-0.39, 0.29) is 11.9 Å². The van der Waals surface area contributed by atoms with E-state index in [1.807, 2.05) is 37.4 Å². The van der Waals surface area contributed by atoms with Crippen LogP contribution in [-0.2, 0) is 0 Å². The van der Waals surface area contributed by atoms with E-state index in [9.17, 15) is 0 Å². The second kappa shape index (κ2) is 4.39. The number of nitrogens with one attached hydrogen (secondary N) is 1. The lowest BCUT2D eigenvalue weighted by Gasteiger charge is -2.22. The average molecular weight is 252 g/mol. The number of rotatable bonds is 2. The lowest BCUT2D eigenvalue weighted by molar-refractivity contribution is 0.546. The summed E-state index contributed by atoms with van der Waals surface area (Å²) in [6.07, 6.45) is 3.84. The number of amidine groups is 2. The van der Waals surface area contributed by atoms with Gasteiger partial charge in [-0.1, -0.05) is 30.3 Å². The maximum Gasteiger partial charge on any atom is 0.131 e. The molecule has 0 spiro atoms. The van der Waals surface area contributed by atoms with Crippen LogP contribution in [0.2, 0.25) is 0 Å². The molecule has 2 aliphatic rings. The summed E-state index contributed by atoms with van der Waals surface area (Å²) < 4.78 is 0. The van der Waals surface area contributed by atoms with Gasteiger partial charge in [0.1, 0.15) is 11.7 Å². The molecule has 3 rings (SSSR count). The summed E-state index contributed by atoms with van der Waals surface area (Å²) in [7, 11) is 0. The van der Waals surface area contributed by atoms with E-state index in [1.165, 1.54) is 5.56 Å². The summed E-state index contributed by atoms with van der Waals surface area (Å²) in [5.74, 6) is 1.08. The van der Waals surface area contributed by atoms with E-state index in [1.54, 1.807) is 0 Å². The fourth-order valence-electron chi connectivity index (χ4n) is 2.48. The summed E-state index contributed by atoms with van der Waals surface area (Å²) in [6.45, 7) is 2.82. The third-order valence-corrected chi connectivity index (χ3v) is 3.43. The van der Waals surface area contributed by atoms with E-state index in [2.05, 4.69) is 17.0 Å². The van der Waals surface area contributed by atoms with Gasteiger partial charge < -0.3 is 10.6 Å². The number of aliphatic imine (C=N–C) groups is 1. The second-order valence-electron chi connectivity index (χ2n) is 4.86. The lowest BCUT2D eigenvalue weighted by atomic mass is 10.1. The van der Waals surface area contributed by atoms with Crippen molar-refractivity contribution in [1.29, 1.82) is 5.41 Å². The molecule has 19 heavy (non-hydrogen) atoms. The molecule has 4 heteroatoms. The second-order valence-corrected chi connectivity index (χ2v) is 4.86. The Bertz CT molecular complexity index is 610. The van der Waals surface area contributed by atoms with Gasteiger partial charge in [-0.2, -0.15) is 0 Å². The zero-order valence-corrected chi connectivity index (χ0v) is 10.8.